The average molecular weight is 971 g/mol. The highest BCUT2D eigenvalue weighted by molar-refractivity contribution is 6.08. The first-order valence-corrected chi connectivity index (χ1v) is 23.8. The lowest BCUT2D eigenvalue weighted by Crippen LogP contribution is -2.42. The number of anilines is 2. The fraction of sp³-hybridized carbons (Fsp3) is 0.633. The first kappa shape index (κ1) is 72.0. The predicted octanol–water partition coefficient (Wildman–Crippen LogP) is 3.29. The monoisotopic (exact) mass is 971 g/mol. The van der Waals surface area contributed by atoms with E-state index < -0.39 is 68.2 Å². The van der Waals surface area contributed by atoms with Gasteiger partial charge in [0.15, 0.2) is 0 Å². The molecule has 2 unspecified atom stereocenters. The van der Waals surface area contributed by atoms with Gasteiger partial charge in [-0.05, 0) is 74.9 Å². The Bertz CT molecular complexity index is 1650. The Morgan fingerprint density at radius 2 is 0.662 bits per heavy atom. The Morgan fingerprint density at radius 1 is 0.426 bits per heavy atom. The SMILES string of the molecule is CC.CC.CC.CC.CC.CC.Cc1c(C(=O)NCCO)c(C)c(N(C=O)CC(O)CN(C=O)c2c(C)c(C(=O)NCCO)c(C)c(C(=O)NCC(O)CO)c2C)c(C)c1C(=O)NCC(O)CO. The number of aliphatic hydroxyl groups excluding tert-OH is 7. The molecule has 19 heteroatoms. The van der Waals surface area contributed by atoms with Gasteiger partial charge in [-0.25, -0.2) is 0 Å². The molecule has 2 aromatic carbocycles. The Morgan fingerprint density at radius 3 is 0.868 bits per heavy atom. The fourth-order valence-corrected chi connectivity index (χ4v) is 6.76. The highest BCUT2D eigenvalue weighted by Crippen LogP contribution is 2.36. The first-order chi connectivity index (χ1) is 32.5. The summed E-state index contributed by atoms with van der Waals surface area (Å²) in [5, 5.41) is 78.2. The number of rotatable bonds is 22. The lowest BCUT2D eigenvalue weighted by Gasteiger charge is -2.31. The van der Waals surface area contributed by atoms with Gasteiger partial charge < -0.3 is 66.8 Å². The van der Waals surface area contributed by atoms with Gasteiger partial charge >= 0.3 is 0 Å². The van der Waals surface area contributed by atoms with Gasteiger partial charge in [-0.15, -0.1) is 0 Å². The van der Waals surface area contributed by atoms with Crippen molar-refractivity contribution >= 4 is 47.8 Å². The van der Waals surface area contributed by atoms with Crippen LogP contribution in [0.3, 0.4) is 0 Å². The number of benzene rings is 2. The van der Waals surface area contributed by atoms with Crippen LogP contribution in [-0.4, -0.2) is 156 Å². The number of carbonyl (C=O) groups excluding carboxylic acids is 6. The molecule has 0 saturated heterocycles. The largest absolute Gasteiger partial charge is 0.395 e. The van der Waals surface area contributed by atoms with Crippen molar-refractivity contribution in [2.45, 2.75) is 143 Å². The fourth-order valence-electron chi connectivity index (χ4n) is 6.76. The van der Waals surface area contributed by atoms with E-state index in [1.165, 1.54) is 41.5 Å². The van der Waals surface area contributed by atoms with E-state index in [9.17, 15) is 64.5 Å². The maximum absolute atomic E-state index is 13.4. The van der Waals surface area contributed by atoms with Gasteiger partial charge in [0.1, 0.15) is 0 Å². The van der Waals surface area contributed by atoms with Crippen LogP contribution in [0.25, 0.3) is 0 Å². The summed E-state index contributed by atoms with van der Waals surface area (Å²) >= 11 is 0. The molecule has 0 aliphatic heterocycles. The summed E-state index contributed by atoms with van der Waals surface area (Å²) in [5.41, 5.74) is 1.39. The van der Waals surface area contributed by atoms with Gasteiger partial charge in [0, 0.05) is 48.4 Å². The number of carbonyl (C=O) groups is 6. The third-order valence-corrected chi connectivity index (χ3v) is 9.19. The van der Waals surface area contributed by atoms with Crippen LogP contribution in [-0.2, 0) is 9.59 Å². The molecule has 2 atom stereocenters. The van der Waals surface area contributed by atoms with Crippen molar-refractivity contribution in [1.29, 1.82) is 0 Å². The van der Waals surface area contributed by atoms with Gasteiger partial charge in [-0.2, -0.15) is 0 Å². The van der Waals surface area contributed by atoms with E-state index in [1.807, 2.05) is 83.1 Å². The van der Waals surface area contributed by atoms with E-state index in [1.54, 1.807) is 0 Å². The third kappa shape index (κ3) is 21.5. The molecule has 0 bridgehead atoms. The molecule has 19 nitrogen and oxygen atoms in total. The average Bonchev–Trinajstić information content (AvgIpc) is 3.36. The molecule has 0 heterocycles. The molecule has 0 aliphatic carbocycles. The topological polar surface area (TPSA) is 299 Å². The van der Waals surface area contributed by atoms with Crippen molar-refractivity contribution < 1.29 is 64.5 Å². The summed E-state index contributed by atoms with van der Waals surface area (Å²) in [7, 11) is 0. The van der Waals surface area contributed by atoms with Crippen molar-refractivity contribution in [3.05, 3.63) is 55.6 Å². The van der Waals surface area contributed by atoms with Crippen molar-refractivity contribution in [2.75, 3.05) is 75.5 Å². The number of nitrogens with one attached hydrogen (secondary N) is 4. The molecule has 6 amide bonds. The normalized spacial score (nSPS) is 10.9. The molecule has 0 aromatic heterocycles. The Labute approximate surface area is 406 Å². The van der Waals surface area contributed by atoms with E-state index >= 15 is 0 Å². The minimum absolute atomic E-state index is 0.00186. The Balaban J connectivity index is -0.00000102. The van der Waals surface area contributed by atoms with Gasteiger partial charge in [-0.1, -0.05) is 83.1 Å². The van der Waals surface area contributed by atoms with E-state index in [0.29, 0.717) is 12.8 Å². The van der Waals surface area contributed by atoms with E-state index in [2.05, 4.69) is 21.3 Å². The number of hydrogen-bond acceptors (Lipinski definition) is 13. The van der Waals surface area contributed by atoms with Gasteiger partial charge in [0.25, 0.3) is 23.6 Å². The summed E-state index contributed by atoms with van der Waals surface area (Å²) < 4.78 is 0. The molecular weight excluding hydrogens is 881 g/mol. The molecule has 0 radical (unpaired) electrons. The van der Waals surface area contributed by atoms with Crippen LogP contribution in [0.2, 0.25) is 0 Å². The third-order valence-electron chi connectivity index (χ3n) is 9.19. The van der Waals surface area contributed by atoms with Crippen LogP contribution in [0, 0.1) is 41.5 Å². The molecule has 0 spiro atoms. The number of hydrogen-bond donors (Lipinski definition) is 11. The molecule has 68 heavy (non-hydrogen) atoms. The van der Waals surface area contributed by atoms with Crippen LogP contribution in [0.4, 0.5) is 11.4 Å². The molecule has 0 saturated carbocycles. The quantitative estimate of drug-likeness (QED) is 0.0757. The molecule has 0 fully saturated rings. The minimum Gasteiger partial charge on any atom is -0.395 e. The minimum atomic E-state index is -1.53. The van der Waals surface area contributed by atoms with Crippen LogP contribution < -0.4 is 31.1 Å². The molecule has 2 rings (SSSR count). The smallest absolute Gasteiger partial charge is 0.252 e. The number of nitrogens with zero attached hydrogens (tertiary/aromatic N) is 2. The second kappa shape index (κ2) is 42.1. The zero-order valence-electron chi connectivity index (χ0n) is 44.4. The van der Waals surface area contributed by atoms with Crippen molar-refractivity contribution in [3.63, 3.8) is 0 Å². The van der Waals surface area contributed by atoms with Crippen LogP contribution in [0.5, 0.6) is 0 Å². The lowest BCUT2D eigenvalue weighted by molar-refractivity contribution is -0.108. The van der Waals surface area contributed by atoms with Crippen molar-refractivity contribution in [3.8, 4) is 0 Å². The number of amides is 6. The summed E-state index contributed by atoms with van der Waals surface area (Å²) in [5.74, 6) is -2.82. The van der Waals surface area contributed by atoms with E-state index in [4.69, 9.17) is 0 Å². The van der Waals surface area contributed by atoms with Crippen LogP contribution in [0.1, 0.15) is 158 Å². The van der Waals surface area contributed by atoms with Crippen molar-refractivity contribution in [1.82, 2.24) is 21.3 Å². The summed E-state index contributed by atoms with van der Waals surface area (Å²) in [6.07, 6.45) is -3.37. The maximum Gasteiger partial charge on any atom is 0.252 e. The van der Waals surface area contributed by atoms with Crippen LogP contribution in [0.15, 0.2) is 0 Å². The molecule has 394 valence electrons. The Kier molecular flexibility index (Phi) is 44.6. The maximum atomic E-state index is 13.4. The molecule has 2 aromatic rings. The van der Waals surface area contributed by atoms with Gasteiger partial charge in [0.05, 0.1) is 69.2 Å². The highest BCUT2D eigenvalue weighted by atomic mass is 16.3. The zero-order chi connectivity index (χ0) is 54.4. The second-order valence-corrected chi connectivity index (χ2v) is 13.2. The van der Waals surface area contributed by atoms with Crippen LogP contribution >= 0.6 is 0 Å². The molecular formula is C49H90N6O13. The number of aliphatic hydroxyl groups is 7. The standard InChI is InChI=1S/C37H54N6O13.6C2H6/c1-19-28(34(53)38-7-9-44)21(3)32(23(5)30(19)36(55)40-11-25(50)15-46)42(17-48)13-27(52)14-43(18-49)33-22(4)29(35(54)39-8-10-45)20(2)31(24(33)6)37(56)41-12-26(51)16-47;6*1-2/h17-18,25-27,44-47,50-52H,7-16H2,1-6H3,(H,38,53)(H,39,54)(H,40,55)(H,41,56);6*1-2H3. The predicted molar refractivity (Wildman–Crippen MR) is 272 cm³/mol. The van der Waals surface area contributed by atoms with Gasteiger partial charge in [0.2, 0.25) is 12.8 Å². The summed E-state index contributed by atoms with van der Waals surface area (Å²) in [4.78, 5) is 81.2. The van der Waals surface area contributed by atoms with E-state index in [-0.39, 0.29) is 106 Å². The van der Waals surface area contributed by atoms with Crippen molar-refractivity contribution in [2.24, 2.45) is 0 Å². The van der Waals surface area contributed by atoms with Gasteiger partial charge in [-0.3, -0.25) is 28.8 Å². The summed E-state index contributed by atoms with van der Waals surface area (Å²) in [6, 6.07) is 0. The zero-order valence-corrected chi connectivity index (χ0v) is 44.4. The van der Waals surface area contributed by atoms with E-state index in [0.717, 1.165) is 9.80 Å². The lowest BCUT2D eigenvalue weighted by atomic mass is 9.89. The summed E-state index contributed by atoms with van der Waals surface area (Å²) in [6.45, 7) is 29.1. The molecule has 11 N–H and O–H groups in total. The highest BCUT2D eigenvalue weighted by Gasteiger charge is 2.31. The second-order valence-electron chi connectivity index (χ2n) is 13.2. The Hall–Kier alpha value is -5.02. The first-order valence-electron chi connectivity index (χ1n) is 23.8. The molecule has 0 aliphatic rings.